The largest absolute Gasteiger partial charge is 0.337 e. The minimum atomic E-state index is 0.600. The normalized spacial score (nSPS) is 18.4. The van der Waals surface area contributed by atoms with E-state index < -0.39 is 0 Å². The fraction of sp³-hybridized carbons (Fsp3) is 0.400. The van der Waals surface area contributed by atoms with Gasteiger partial charge in [-0.1, -0.05) is 35.7 Å². The molecule has 2 rings (SSSR count). The summed E-state index contributed by atoms with van der Waals surface area (Å²) in [5, 5.41) is 1.24. The van der Waals surface area contributed by atoms with Crippen molar-refractivity contribution in [3.05, 3.63) is 40.0 Å². The highest BCUT2D eigenvalue weighted by molar-refractivity contribution is 6.36. The van der Waals surface area contributed by atoms with Crippen LogP contribution in [0, 0.1) is 0 Å². The number of hydrogen-bond acceptors (Lipinski definition) is 1. The number of halogens is 2. The van der Waals surface area contributed by atoms with E-state index in [0.29, 0.717) is 10.0 Å². The summed E-state index contributed by atoms with van der Waals surface area (Å²) in [4.78, 5) is 6.90. The SMILES string of the molecule is CC/C(C)=C/N1CCCC1=Nc1ccc(Cl)cc1Cl. The molecule has 4 heteroatoms. The van der Waals surface area contributed by atoms with Crippen LogP contribution in [0.3, 0.4) is 0 Å². The zero-order valence-corrected chi connectivity index (χ0v) is 12.8. The molecule has 0 amide bonds. The Hall–Kier alpha value is -0.990. The van der Waals surface area contributed by atoms with Gasteiger partial charge in [0.15, 0.2) is 0 Å². The van der Waals surface area contributed by atoms with E-state index in [1.54, 1.807) is 6.07 Å². The number of hydrogen-bond donors (Lipinski definition) is 0. The molecular weight excluding hydrogens is 279 g/mol. The molecule has 0 atom stereocenters. The van der Waals surface area contributed by atoms with Gasteiger partial charge in [0.05, 0.1) is 10.7 Å². The van der Waals surface area contributed by atoms with E-state index in [9.17, 15) is 0 Å². The molecule has 102 valence electrons. The van der Waals surface area contributed by atoms with Crippen LogP contribution in [0.5, 0.6) is 0 Å². The maximum Gasteiger partial charge on any atom is 0.109 e. The highest BCUT2D eigenvalue weighted by Crippen LogP contribution is 2.29. The van der Waals surface area contributed by atoms with Gasteiger partial charge in [-0.05, 0) is 38.0 Å². The fourth-order valence-corrected chi connectivity index (χ4v) is 2.46. The number of rotatable bonds is 3. The highest BCUT2D eigenvalue weighted by Gasteiger charge is 2.17. The number of benzene rings is 1. The van der Waals surface area contributed by atoms with Gasteiger partial charge in [0.2, 0.25) is 0 Å². The Morgan fingerprint density at radius 3 is 2.89 bits per heavy atom. The summed E-state index contributed by atoms with van der Waals surface area (Å²) >= 11 is 12.1. The van der Waals surface area contributed by atoms with Gasteiger partial charge in [0, 0.05) is 24.2 Å². The molecule has 0 aliphatic carbocycles. The second kappa shape index (κ2) is 6.44. The first-order valence-corrected chi connectivity index (χ1v) is 7.32. The fourth-order valence-electron chi connectivity index (χ4n) is 2.01. The molecule has 0 saturated carbocycles. The molecule has 1 aromatic rings. The van der Waals surface area contributed by atoms with Crippen LogP contribution in [0.4, 0.5) is 5.69 Å². The number of aliphatic imine (C=N–C) groups is 1. The predicted octanol–water partition coefficient (Wildman–Crippen LogP) is 5.43. The number of amidine groups is 1. The van der Waals surface area contributed by atoms with Crippen LogP contribution in [-0.2, 0) is 0 Å². The Bertz CT molecular complexity index is 521. The van der Waals surface area contributed by atoms with Crippen LogP contribution >= 0.6 is 23.2 Å². The van der Waals surface area contributed by atoms with Crippen LogP contribution in [0.15, 0.2) is 35.0 Å². The molecular formula is C15H18Cl2N2. The van der Waals surface area contributed by atoms with Crippen LogP contribution in [0.1, 0.15) is 33.1 Å². The Kier molecular flexibility index (Phi) is 4.89. The molecule has 0 bridgehead atoms. The lowest BCUT2D eigenvalue weighted by Gasteiger charge is -2.15. The van der Waals surface area contributed by atoms with Gasteiger partial charge in [0.1, 0.15) is 5.84 Å². The van der Waals surface area contributed by atoms with Crippen molar-refractivity contribution in [3.63, 3.8) is 0 Å². The zero-order valence-electron chi connectivity index (χ0n) is 11.3. The maximum atomic E-state index is 6.16. The summed E-state index contributed by atoms with van der Waals surface area (Å²) in [5.74, 6) is 1.08. The molecule has 0 aromatic heterocycles. The minimum absolute atomic E-state index is 0.600. The number of nitrogens with zero attached hydrogens (tertiary/aromatic N) is 2. The van der Waals surface area contributed by atoms with Crippen LogP contribution in [-0.4, -0.2) is 17.3 Å². The number of likely N-dealkylation sites (tertiary alicyclic amines) is 1. The van der Waals surface area contributed by atoms with Gasteiger partial charge in [-0.15, -0.1) is 0 Å². The van der Waals surface area contributed by atoms with Crippen molar-refractivity contribution in [3.8, 4) is 0 Å². The standard InChI is InChI=1S/C15H18Cl2N2/c1-3-11(2)10-19-8-4-5-15(19)18-14-7-6-12(16)9-13(14)17/h6-7,9-10H,3-5,8H2,1-2H3/b11-10+,18-15?. The minimum Gasteiger partial charge on any atom is -0.337 e. The summed E-state index contributed by atoms with van der Waals surface area (Å²) in [6.07, 6.45) is 5.38. The molecule has 2 nitrogen and oxygen atoms in total. The molecule has 0 radical (unpaired) electrons. The molecule has 0 N–H and O–H groups in total. The van der Waals surface area contributed by atoms with Crippen LogP contribution in [0.2, 0.25) is 10.0 Å². The summed E-state index contributed by atoms with van der Waals surface area (Å²) in [5.41, 5.74) is 2.15. The zero-order chi connectivity index (χ0) is 13.8. The van der Waals surface area contributed by atoms with Gasteiger partial charge in [-0.25, -0.2) is 4.99 Å². The first-order valence-electron chi connectivity index (χ1n) is 6.56. The predicted molar refractivity (Wildman–Crippen MR) is 83.5 cm³/mol. The third kappa shape index (κ3) is 3.74. The molecule has 0 spiro atoms. The number of allylic oxidation sites excluding steroid dienone is 1. The first-order chi connectivity index (χ1) is 9.10. The summed E-state index contributed by atoms with van der Waals surface area (Å²) < 4.78 is 0. The summed E-state index contributed by atoms with van der Waals surface area (Å²) in [7, 11) is 0. The molecule has 1 fully saturated rings. The summed E-state index contributed by atoms with van der Waals surface area (Å²) in [6, 6.07) is 5.42. The molecule has 1 aromatic carbocycles. The Morgan fingerprint density at radius 2 is 2.21 bits per heavy atom. The summed E-state index contributed by atoms with van der Waals surface area (Å²) in [6.45, 7) is 5.33. The topological polar surface area (TPSA) is 15.6 Å². The maximum absolute atomic E-state index is 6.16. The average molecular weight is 297 g/mol. The van der Waals surface area contributed by atoms with Crippen molar-refractivity contribution in [1.82, 2.24) is 4.90 Å². The second-order valence-electron chi connectivity index (χ2n) is 4.75. The quantitative estimate of drug-likeness (QED) is 0.726. The van der Waals surface area contributed by atoms with E-state index in [1.165, 1.54) is 5.57 Å². The van der Waals surface area contributed by atoms with Crippen molar-refractivity contribution in [1.29, 1.82) is 0 Å². The van der Waals surface area contributed by atoms with Gasteiger partial charge in [0.25, 0.3) is 0 Å². The lowest BCUT2D eigenvalue weighted by atomic mass is 10.2. The molecule has 1 saturated heterocycles. The molecule has 0 unspecified atom stereocenters. The van der Waals surface area contributed by atoms with E-state index in [1.807, 2.05) is 12.1 Å². The van der Waals surface area contributed by atoms with Gasteiger partial charge >= 0.3 is 0 Å². The van der Waals surface area contributed by atoms with E-state index in [2.05, 4.69) is 29.9 Å². The lowest BCUT2D eigenvalue weighted by Crippen LogP contribution is -2.18. The third-order valence-electron chi connectivity index (χ3n) is 3.22. The van der Waals surface area contributed by atoms with E-state index >= 15 is 0 Å². The lowest BCUT2D eigenvalue weighted by molar-refractivity contribution is 0.595. The van der Waals surface area contributed by atoms with Gasteiger partial charge < -0.3 is 4.90 Å². The first kappa shape index (κ1) is 14.4. The Morgan fingerprint density at radius 1 is 1.42 bits per heavy atom. The van der Waals surface area contributed by atoms with Crippen molar-refractivity contribution >= 4 is 34.7 Å². The van der Waals surface area contributed by atoms with E-state index in [-0.39, 0.29) is 0 Å². The molecule has 1 heterocycles. The average Bonchev–Trinajstić information content (AvgIpc) is 2.80. The second-order valence-corrected chi connectivity index (χ2v) is 5.59. The van der Waals surface area contributed by atoms with Crippen molar-refractivity contribution in [2.75, 3.05) is 6.54 Å². The molecule has 1 aliphatic rings. The Labute approximate surface area is 124 Å². The van der Waals surface area contributed by atoms with Crippen LogP contribution in [0.25, 0.3) is 0 Å². The van der Waals surface area contributed by atoms with Crippen LogP contribution < -0.4 is 0 Å². The molecule has 1 aliphatic heterocycles. The van der Waals surface area contributed by atoms with Crippen molar-refractivity contribution in [2.24, 2.45) is 4.99 Å². The smallest absolute Gasteiger partial charge is 0.109 e. The monoisotopic (exact) mass is 296 g/mol. The Balaban J connectivity index is 2.26. The van der Waals surface area contributed by atoms with E-state index in [4.69, 9.17) is 23.2 Å². The van der Waals surface area contributed by atoms with Crippen molar-refractivity contribution in [2.45, 2.75) is 33.1 Å². The van der Waals surface area contributed by atoms with Gasteiger partial charge in [-0.2, -0.15) is 0 Å². The third-order valence-corrected chi connectivity index (χ3v) is 3.76. The van der Waals surface area contributed by atoms with Crippen molar-refractivity contribution < 1.29 is 0 Å². The highest BCUT2D eigenvalue weighted by atomic mass is 35.5. The van der Waals surface area contributed by atoms with E-state index in [0.717, 1.165) is 37.3 Å². The van der Waals surface area contributed by atoms with Gasteiger partial charge in [-0.3, -0.25) is 0 Å². The molecule has 19 heavy (non-hydrogen) atoms.